The second kappa shape index (κ2) is 2.05. The summed E-state index contributed by atoms with van der Waals surface area (Å²) >= 11 is 0. The smallest absolute Gasteiger partial charge is 0.188 e. The lowest BCUT2D eigenvalue weighted by Gasteiger charge is -2.37. The predicted molar refractivity (Wildman–Crippen MR) is 33.1 cm³/mol. The van der Waals surface area contributed by atoms with E-state index in [1.807, 2.05) is 0 Å². The molecule has 1 heterocycles. The van der Waals surface area contributed by atoms with Gasteiger partial charge in [-0.3, -0.25) is 5.41 Å². The van der Waals surface area contributed by atoms with E-state index in [2.05, 4.69) is 0 Å². The van der Waals surface area contributed by atoms with Crippen molar-refractivity contribution in [1.82, 2.24) is 4.90 Å². The second-order valence-electron chi connectivity index (χ2n) is 2.07. The average molecular weight is 127 g/mol. The molecule has 1 atom stereocenters. The fourth-order valence-electron chi connectivity index (χ4n) is 0.848. The fourth-order valence-corrected chi connectivity index (χ4v) is 0.848. The first kappa shape index (κ1) is 6.07. The monoisotopic (exact) mass is 127 g/mol. The van der Waals surface area contributed by atoms with Crippen LogP contribution in [-0.2, 0) is 4.79 Å². The molecule has 1 aliphatic heterocycles. The number of nitrogens with zero attached hydrogens (tertiary/aromatic N) is 1. The Bertz CT molecular complexity index is 145. The van der Waals surface area contributed by atoms with Gasteiger partial charge in [-0.15, -0.1) is 0 Å². The molecule has 0 radical (unpaired) electrons. The molecule has 1 fully saturated rings. The van der Waals surface area contributed by atoms with Crippen molar-refractivity contribution in [1.29, 1.82) is 5.41 Å². The third-order valence-electron chi connectivity index (χ3n) is 1.53. The number of rotatable bonds is 1. The lowest BCUT2D eigenvalue weighted by atomic mass is 10.1. The molecule has 1 aliphatic rings. The van der Waals surface area contributed by atoms with Gasteiger partial charge in [-0.2, -0.15) is 0 Å². The summed E-state index contributed by atoms with van der Waals surface area (Å²) in [5, 5.41) is 6.93. The van der Waals surface area contributed by atoms with Gasteiger partial charge in [0.15, 0.2) is 5.96 Å². The number of hydrogen-bond donors (Lipinski definition) is 2. The average Bonchev–Trinajstić information content (AvgIpc) is 1.61. The minimum absolute atomic E-state index is 0.00153. The summed E-state index contributed by atoms with van der Waals surface area (Å²) < 4.78 is 0. The summed E-state index contributed by atoms with van der Waals surface area (Å²) in [7, 11) is 0. The molecule has 50 valence electrons. The maximum atomic E-state index is 10.1. The van der Waals surface area contributed by atoms with Crippen LogP contribution >= 0.6 is 0 Å². The summed E-state index contributed by atoms with van der Waals surface area (Å²) in [5.74, 6) is -0.00153. The Labute approximate surface area is 53.1 Å². The quantitative estimate of drug-likeness (QED) is 0.274. The van der Waals surface area contributed by atoms with E-state index < -0.39 is 0 Å². The third-order valence-corrected chi connectivity index (χ3v) is 1.53. The molecule has 3 N–H and O–H groups in total. The standard InChI is InChI=1S/C5H9N3O/c6-5(7)8-2-1-4(8)3-9/h3-4H,1-2H2,(H3,6,7)/t4-/m1/s1. The molecule has 1 rings (SSSR count). The molecule has 0 bridgehead atoms. The molecule has 4 heteroatoms. The van der Waals surface area contributed by atoms with E-state index in [4.69, 9.17) is 11.1 Å². The molecule has 0 aromatic rings. The molecular weight excluding hydrogens is 118 g/mol. The van der Waals surface area contributed by atoms with Crippen molar-refractivity contribution in [3.63, 3.8) is 0 Å². The first-order valence-electron chi connectivity index (χ1n) is 2.81. The van der Waals surface area contributed by atoms with Gasteiger partial charge >= 0.3 is 0 Å². The van der Waals surface area contributed by atoms with Crippen LogP contribution in [0.3, 0.4) is 0 Å². The Morgan fingerprint density at radius 1 is 1.89 bits per heavy atom. The van der Waals surface area contributed by atoms with Gasteiger partial charge in [0.1, 0.15) is 6.29 Å². The first-order chi connectivity index (χ1) is 4.25. The zero-order valence-corrected chi connectivity index (χ0v) is 5.00. The van der Waals surface area contributed by atoms with Gasteiger partial charge in [0, 0.05) is 6.54 Å². The number of carbonyl (C=O) groups is 1. The van der Waals surface area contributed by atoms with E-state index in [0.717, 1.165) is 19.3 Å². The normalized spacial score (nSPS) is 24.9. The van der Waals surface area contributed by atoms with Crippen LogP contribution in [0.4, 0.5) is 0 Å². The number of carbonyl (C=O) groups excluding carboxylic acids is 1. The number of likely N-dealkylation sites (tertiary alicyclic amines) is 1. The number of nitrogens with one attached hydrogen (secondary N) is 1. The summed E-state index contributed by atoms with van der Waals surface area (Å²) in [6.45, 7) is 0.749. The van der Waals surface area contributed by atoms with Gasteiger partial charge in [-0.05, 0) is 6.42 Å². The second-order valence-corrected chi connectivity index (χ2v) is 2.07. The van der Waals surface area contributed by atoms with E-state index in [-0.39, 0.29) is 12.0 Å². The summed E-state index contributed by atoms with van der Waals surface area (Å²) in [5.41, 5.74) is 5.11. The summed E-state index contributed by atoms with van der Waals surface area (Å²) in [6.07, 6.45) is 1.66. The van der Waals surface area contributed by atoms with E-state index in [9.17, 15) is 4.79 Å². The van der Waals surface area contributed by atoms with Gasteiger partial charge in [0.2, 0.25) is 0 Å². The Morgan fingerprint density at radius 2 is 2.56 bits per heavy atom. The maximum absolute atomic E-state index is 10.1. The van der Waals surface area contributed by atoms with Gasteiger partial charge < -0.3 is 15.4 Å². The lowest BCUT2D eigenvalue weighted by molar-refractivity contribution is -0.113. The van der Waals surface area contributed by atoms with E-state index in [1.165, 1.54) is 0 Å². The van der Waals surface area contributed by atoms with Gasteiger partial charge in [0.05, 0.1) is 6.04 Å². The van der Waals surface area contributed by atoms with Crippen LogP contribution in [0, 0.1) is 5.41 Å². The third kappa shape index (κ3) is 0.872. The zero-order valence-electron chi connectivity index (χ0n) is 5.00. The van der Waals surface area contributed by atoms with Crippen molar-refractivity contribution in [3.05, 3.63) is 0 Å². The Morgan fingerprint density at radius 3 is 2.67 bits per heavy atom. The van der Waals surface area contributed by atoms with Crippen LogP contribution in [0.2, 0.25) is 0 Å². The highest BCUT2D eigenvalue weighted by Crippen LogP contribution is 2.12. The number of hydrogen-bond acceptors (Lipinski definition) is 2. The SMILES string of the molecule is N=C(N)N1CC[C@@H]1C=O. The van der Waals surface area contributed by atoms with Crippen LogP contribution in [0.5, 0.6) is 0 Å². The van der Waals surface area contributed by atoms with Crippen molar-refractivity contribution < 1.29 is 4.79 Å². The molecule has 0 unspecified atom stereocenters. The van der Waals surface area contributed by atoms with Gasteiger partial charge in [-0.25, -0.2) is 0 Å². The molecule has 0 aromatic carbocycles. The molecule has 9 heavy (non-hydrogen) atoms. The highest BCUT2D eigenvalue weighted by atomic mass is 16.1. The minimum atomic E-state index is -0.123. The number of aldehydes is 1. The van der Waals surface area contributed by atoms with Crippen LogP contribution in [-0.4, -0.2) is 29.7 Å². The van der Waals surface area contributed by atoms with Crippen LogP contribution in [0.1, 0.15) is 6.42 Å². The van der Waals surface area contributed by atoms with Crippen LogP contribution < -0.4 is 5.73 Å². The molecule has 0 spiro atoms. The topological polar surface area (TPSA) is 70.2 Å². The highest BCUT2D eigenvalue weighted by molar-refractivity contribution is 5.80. The largest absolute Gasteiger partial charge is 0.370 e. The maximum Gasteiger partial charge on any atom is 0.188 e. The van der Waals surface area contributed by atoms with Crippen LogP contribution in [0.15, 0.2) is 0 Å². The molecular formula is C5H9N3O. The van der Waals surface area contributed by atoms with Gasteiger partial charge in [-0.1, -0.05) is 0 Å². The van der Waals surface area contributed by atoms with E-state index in [1.54, 1.807) is 4.90 Å². The first-order valence-corrected chi connectivity index (χ1v) is 2.81. The minimum Gasteiger partial charge on any atom is -0.370 e. The van der Waals surface area contributed by atoms with Crippen molar-refractivity contribution >= 4 is 12.2 Å². The lowest BCUT2D eigenvalue weighted by Crippen LogP contribution is -2.54. The fraction of sp³-hybridized carbons (Fsp3) is 0.600. The summed E-state index contributed by atoms with van der Waals surface area (Å²) in [4.78, 5) is 11.7. The molecule has 4 nitrogen and oxygen atoms in total. The van der Waals surface area contributed by atoms with Gasteiger partial charge in [0.25, 0.3) is 0 Å². The van der Waals surface area contributed by atoms with E-state index >= 15 is 0 Å². The molecule has 0 aliphatic carbocycles. The molecule has 0 saturated carbocycles. The Balaban J connectivity index is 2.44. The molecule has 0 amide bonds. The van der Waals surface area contributed by atoms with Crippen LogP contribution in [0.25, 0.3) is 0 Å². The highest BCUT2D eigenvalue weighted by Gasteiger charge is 2.27. The predicted octanol–water partition coefficient (Wildman–Crippen LogP) is -0.847. The van der Waals surface area contributed by atoms with Crippen molar-refractivity contribution in [2.75, 3.05) is 6.54 Å². The van der Waals surface area contributed by atoms with Crippen molar-refractivity contribution in [2.45, 2.75) is 12.5 Å². The molecule has 0 aromatic heterocycles. The van der Waals surface area contributed by atoms with Crippen molar-refractivity contribution in [2.24, 2.45) is 5.73 Å². The Hall–Kier alpha value is -1.06. The molecule has 1 saturated heterocycles. The van der Waals surface area contributed by atoms with Crippen molar-refractivity contribution in [3.8, 4) is 0 Å². The number of nitrogens with two attached hydrogens (primary N) is 1. The Kier molecular flexibility index (Phi) is 1.38. The van der Waals surface area contributed by atoms with E-state index in [0.29, 0.717) is 0 Å². The zero-order chi connectivity index (χ0) is 6.85. The number of guanidine groups is 1. The summed E-state index contributed by atoms with van der Waals surface area (Å²) in [6, 6.07) is -0.123.